The van der Waals surface area contributed by atoms with Crippen LogP contribution in [0.5, 0.6) is 0 Å². The Morgan fingerprint density at radius 2 is 1.50 bits per heavy atom. The molecular formula is C16H20N2. The average Bonchev–Trinajstić information content (AvgIpc) is 2.41. The molecule has 2 nitrogen and oxygen atoms in total. The number of aryl methyl sites for hydroxylation is 2. The number of nitrogens with two attached hydrogens (primary N) is 1. The first-order chi connectivity index (χ1) is 8.76. The van der Waals surface area contributed by atoms with Crippen LogP contribution in [-0.4, -0.2) is 0 Å². The molecule has 2 aromatic carbocycles. The van der Waals surface area contributed by atoms with Gasteiger partial charge in [0.1, 0.15) is 0 Å². The second kappa shape index (κ2) is 5.58. The van der Waals surface area contributed by atoms with Crippen LogP contribution in [0.25, 0.3) is 0 Å². The second-order valence-corrected chi connectivity index (χ2v) is 4.37. The molecule has 0 aliphatic carbocycles. The molecule has 0 radical (unpaired) electrons. The minimum Gasteiger partial charge on any atom is -0.397 e. The highest BCUT2D eigenvalue weighted by Crippen LogP contribution is 2.29. The quantitative estimate of drug-likeness (QED) is 0.788. The minimum absolute atomic E-state index is 0.783. The highest BCUT2D eigenvalue weighted by atomic mass is 14.9. The monoisotopic (exact) mass is 240 g/mol. The number of nitrogen functional groups attached to an aromatic ring is 1. The number of benzene rings is 2. The largest absolute Gasteiger partial charge is 0.397 e. The summed E-state index contributed by atoms with van der Waals surface area (Å²) in [4.78, 5) is 0. The molecule has 2 aromatic rings. The van der Waals surface area contributed by atoms with Gasteiger partial charge >= 0.3 is 0 Å². The van der Waals surface area contributed by atoms with Gasteiger partial charge in [-0.2, -0.15) is 0 Å². The zero-order chi connectivity index (χ0) is 13.0. The van der Waals surface area contributed by atoms with E-state index in [1.165, 1.54) is 16.8 Å². The van der Waals surface area contributed by atoms with Crippen molar-refractivity contribution in [3.05, 3.63) is 53.6 Å². The van der Waals surface area contributed by atoms with E-state index >= 15 is 0 Å². The Hall–Kier alpha value is -1.96. The number of rotatable bonds is 4. The predicted molar refractivity (Wildman–Crippen MR) is 79.3 cm³/mol. The smallest absolute Gasteiger partial charge is 0.0618 e. The topological polar surface area (TPSA) is 38.0 Å². The highest BCUT2D eigenvalue weighted by molar-refractivity contribution is 5.75. The minimum atomic E-state index is 0.783. The normalized spacial score (nSPS) is 10.3. The Bertz CT molecular complexity index is 510. The van der Waals surface area contributed by atoms with Gasteiger partial charge in [0, 0.05) is 5.69 Å². The van der Waals surface area contributed by atoms with Crippen molar-refractivity contribution in [2.75, 3.05) is 11.1 Å². The molecule has 2 heteroatoms. The van der Waals surface area contributed by atoms with E-state index in [4.69, 9.17) is 5.73 Å². The van der Waals surface area contributed by atoms with Gasteiger partial charge in [-0.3, -0.25) is 0 Å². The maximum Gasteiger partial charge on any atom is 0.0618 e. The van der Waals surface area contributed by atoms with Crippen LogP contribution >= 0.6 is 0 Å². The van der Waals surface area contributed by atoms with Crippen molar-refractivity contribution in [3.8, 4) is 0 Å². The second-order valence-electron chi connectivity index (χ2n) is 4.37. The fourth-order valence-corrected chi connectivity index (χ4v) is 2.15. The summed E-state index contributed by atoms with van der Waals surface area (Å²) >= 11 is 0. The molecule has 0 aromatic heterocycles. The molecule has 94 valence electrons. The molecule has 3 N–H and O–H groups in total. The molecule has 0 atom stereocenters. The number of nitrogens with one attached hydrogen (secondary N) is 1. The van der Waals surface area contributed by atoms with E-state index in [2.05, 4.69) is 37.4 Å². The molecule has 0 fully saturated rings. The van der Waals surface area contributed by atoms with E-state index in [-0.39, 0.29) is 0 Å². The van der Waals surface area contributed by atoms with E-state index in [1.807, 2.05) is 24.3 Å². The van der Waals surface area contributed by atoms with Gasteiger partial charge < -0.3 is 11.1 Å². The van der Waals surface area contributed by atoms with E-state index in [0.717, 1.165) is 24.2 Å². The Balaban J connectivity index is 2.42. The van der Waals surface area contributed by atoms with Gasteiger partial charge in [0.15, 0.2) is 0 Å². The highest BCUT2D eigenvalue weighted by Gasteiger charge is 2.07. The van der Waals surface area contributed by atoms with Gasteiger partial charge in [-0.1, -0.05) is 44.2 Å². The molecule has 0 amide bonds. The van der Waals surface area contributed by atoms with E-state index in [1.54, 1.807) is 0 Å². The number of hydrogen-bond acceptors (Lipinski definition) is 2. The summed E-state index contributed by atoms with van der Waals surface area (Å²) in [6.07, 6.45) is 2.03. The van der Waals surface area contributed by atoms with Crippen LogP contribution in [0.4, 0.5) is 17.1 Å². The van der Waals surface area contributed by atoms with Gasteiger partial charge in [0.05, 0.1) is 11.4 Å². The first-order valence-electron chi connectivity index (χ1n) is 6.48. The third-order valence-corrected chi connectivity index (χ3v) is 3.22. The summed E-state index contributed by atoms with van der Waals surface area (Å²) in [6.45, 7) is 4.35. The third-order valence-electron chi connectivity index (χ3n) is 3.22. The summed E-state index contributed by atoms with van der Waals surface area (Å²) in [5.41, 5.74) is 11.6. The van der Waals surface area contributed by atoms with Crippen LogP contribution in [0.15, 0.2) is 42.5 Å². The predicted octanol–water partition coefficient (Wildman–Crippen LogP) is 4.14. The van der Waals surface area contributed by atoms with Crippen LogP contribution in [0, 0.1) is 0 Å². The molecule has 0 aliphatic rings. The summed E-state index contributed by atoms with van der Waals surface area (Å²) in [6, 6.07) is 14.3. The van der Waals surface area contributed by atoms with E-state index < -0.39 is 0 Å². The first-order valence-corrected chi connectivity index (χ1v) is 6.48. The van der Waals surface area contributed by atoms with Crippen LogP contribution in [0.1, 0.15) is 25.0 Å². The lowest BCUT2D eigenvalue weighted by Crippen LogP contribution is -2.02. The van der Waals surface area contributed by atoms with Crippen molar-refractivity contribution < 1.29 is 0 Å². The molecular weight excluding hydrogens is 220 g/mol. The van der Waals surface area contributed by atoms with Crippen LogP contribution < -0.4 is 11.1 Å². The molecule has 0 saturated carbocycles. The van der Waals surface area contributed by atoms with Crippen molar-refractivity contribution >= 4 is 17.1 Å². The van der Waals surface area contributed by atoms with E-state index in [9.17, 15) is 0 Å². The van der Waals surface area contributed by atoms with Gasteiger partial charge in [-0.15, -0.1) is 0 Å². The average molecular weight is 240 g/mol. The zero-order valence-electron chi connectivity index (χ0n) is 11.0. The molecule has 0 heterocycles. The fourth-order valence-electron chi connectivity index (χ4n) is 2.15. The molecule has 0 bridgehead atoms. The molecule has 0 aliphatic heterocycles. The standard InChI is InChI=1S/C16H20N2/c1-3-12-8-7-9-13(4-2)16(12)18-15-11-6-5-10-14(15)17/h5-11,18H,3-4,17H2,1-2H3. The van der Waals surface area contributed by atoms with Crippen molar-refractivity contribution in [1.82, 2.24) is 0 Å². The molecule has 0 spiro atoms. The van der Waals surface area contributed by atoms with Crippen molar-refractivity contribution in [3.63, 3.8) is 0 Å². The lowest BCUT2D eigenvalue weighted by atomic mass is 10.0. The summed E-state index contributed by atoms with van der Waals surface area (Å²) in [5.74, 6) is 0. The van der Waals surface area contributed by atoms with Gasteiger partial charge in [0.25, 0.3) is 0 Å². The SMILES string of the molecule is CCc1cccc(CC)c1Nc1ccccc1N. The lowest BCUT2D eigenvalue weighted by molar-refractivity contribution is 1.09. The summed E-state index contributed by atoms with van der Waals surface area (Å²) < 4.78 is 0. The number of hydrogen-bond donors (Lipinski definition) is 2. The molecule has 18 heavy (non-hydrogen) atoms. The lowest BCUT2D eigenvalue weighted by Gasteiger charge is -2.16. The number of para-hydroxylation sites is 3. The molecule has 2 rings (SSSR count). The van der Waals surface area contributed by atoms with E-state index in [0.29, 0.717) is 0 Å². The van der Waals surface area contributed by atoms with Gasteiger partial charge in [-0.25, -0.2) is 0 Å². The zero-order valence-corrected chi connectivity index (χ0v) is 11.0. The summed E-state index contributed by atoms with van der Waals surface area (Å²) in [5, 5.41) is 3.49. The van der Waals surface area contributed by atoms with Crippen molar-refractivity contribution in [2.45, 2.75) is 26.7 Å². The van der Waals surface area contributed by atoms with Crippen molar-refractivity contribution in [1.29, 1.82) is 0 Å². The first kappa shape index (κ1) is 12.5. The van der Waals surface area contributed by atoms with Crippen LogP contribution in [-0.2, 0) is 12.8 Å². The number of anilines is 3. The fraction of sp³-hybridized carbons (Fsp3) is 0.250. The Labute approximate surface area is 109 Å². The van der Waals surface area contributed by atoms with Crippen LogP contribution in [0.3, 0.4) is 0 Å². The Kier molecular flexibility index (Phi) is 3.88. The maximum absolute atomic E-state index is 5.99. The van der Waals surface area contributed by atoms with Gasteiger partial charge in [-0.05, 0) is 36.1 Å². The Morgan fingerprint density at radius 1 is 0.889 bits per heavy atom. The van der Waals surface area contributed by atoms with Gasteiger partial charge in [0.2, 0.25) is 0 Å². The summed E-state index contributed by atoms with van der Waals surface area (Å²) in [7, 11) is 0. The van der Waals surface area contributed by atoms with Crippen LogP contribution in [0.2, 0.25) is 0 Å². The maximum atomic E-state index is 5.99. The molecule has 0 unspecified atom stereocenters. The van der Waals surface area contributed by atoms with Crippen molar-refractivity contribution in [2.24, 2.45) is 0 Å². The Morgan fingerprint density at radius 3 is 2.06 bits per heavy atom. The third kappa shape index (κ3) is 2.48. The molecule has 0 saturated heterocycles.